The van der Waals surface area contributed by atoms with Crippen molar-refractivity contribution in [2.75, 3.05) is 0 Å². The van der Waals surface area contributed by atoms with Crippen molar-refractivity contribution in [3.05, 3.63) is 18.0 Å². The van der Waals surface area contributed by atoms with Gasteiger partial charge in [-0.1, -0.05) is 27.7 Å². The molecule has 1 heterocycles. The number of hydrogen-bond donors (Lipinski definition) is 1. The van der Waals surface area contributed by atoms with Crippen LogP contribution in [-0.4, -0.2) is 9.78 Å². The number of aryl methyl sites for hydroxylation is 1. The molecule has 2 rings (SSSR count). The quantitative estimate of drug-likeness (QED) is 0.807. The highest BCUT2D eigenvalue weighted by Gasteiger charge is 2.66. The molecule has 0 aliphatic heterocycles. The molecule has 84 valence electrons. The molecule has 0 amide bonds. The third kappa shape index (κ3) is 1.33. The van der Waals surface area contributed by atoms with E-state index in [-0.39, 0.29) is 6.04 Å². The molecular formula is C12H21N3. The lowest BCUT2D eigenvalue weighted by molar-refractivity contribution is 0.457. The van der Waals surface area contributed by atoms with Gasteiger partial charge in [-0.2, -0.15) is 5.10 Å². The van der Waals surface area contributed by atoms with E-state index in [4.69, 9.17) is 5.73 Å². The molecule has 15 heavy (non-hydrogen) atoms. The van der Waals surface area contributed by atoms with Gasteiger partial charge in [0.1, 0.15) is 0 Å². The molecule has 1 atom stereocenters. The van der Waals surface area contributed by atoms with Crippen molar-refractivity contribution in [1.82, 2.24) is 9.78 Å². The van der Waals surface area contributed by atoms with Crippen molar-refractivity contribution in [3.8, 4) is 0 Å². The van der Waals surface area contributed by atoms with Crippen molar-refractivity contribution in [2.45, 2.75) is 33.7 Å². The largest absolute Gasteiger partial charge is 0.324 e. The number of rotatable bonds is 2. The van der Waals surface area contributed by atoms with Crippen LogP contribution in [0, 0.1) is 16.7 Å². The van der Waals surface area contributed by atoms with Crippen LogP contribution in [0.15, 0.2) is 12.4 Å². The standard InChI is InChI=1S/C12H21N3/c1-11(2)10(12(11,3)4)9(13)8-6-14-15(5)7-8/h6-7,9-10H,13H2,1-5H3. The smallest absolute Gasteiger partial charge is 0.0537 e. The van der Waals surface area contributed by atoms with Gasteiger partial charge in [-0.3, -0.25) is 4.68 Å². The summed E-state index contributed by atoms with van der Waals surface area (Å²) in [4.78, 5) is 0. The molecule has 1 unspecified atom stereocenters. The van der Waals surface area contributed by atoms with E-state index in [1.54, 1.807) is 0 Å². The third-order valence-corrected chi connectivity index (χ3v) is 4.60. The Morgan fingerprint density at radius 2 is 1.87 bits per heavy atom. The topological polar surface area (TPSA) is 43.8 Å². The van der Waals surface area contributed by atoms with Crippen molar-refractivity contribution in [1.29, 1.82) is 0 Å². The molecule has 1 aliphatic rings. The molecule has 1 aliphatic carbocycles. The molecule has 0 radical (unpaired) electrons. The summed E-state index contributed by atoms with van der Waals surface area (Å²) in [7, 11) is 1.93. The Balaban J connectivity index is 2.21. The molecular weight excluding hydrogens is 186 g/mol. The average molecular weight is 207 g/mol. The van der Waals surface area contributed by atoms with Crippen molar-refractivity contribution >= 4 is 0 Å². The van der Waals surface area contributed by atoms with E-state index < -0.39 is 0 Å². The van der Waals surface area contributed by atoms with Gasteiger partial charge in [-0.15, -0.1) is 0 Å². The summed E-state index contributed by atoms with van der Waals surface area (Å²) in [6.07, 6.45) is 3.91. The first-order valence-corrected chi connectivity index (χ1v) is 5.52. The Hall–Kier alpha value is -0.830. The molecule has 2 N–H and O–H groups in total. The summed E-state index contributed by atoms with van der Waals surface area (Å²) >= 11 is 0. The van der Waals surface area contributed by atoms with Gasteiger partial charge in [0.2, 0.25) is 0 Å². The summed E-state index contributed by atoms with van der Waals surface area (Å²) in [5.41, 5.74) is 8.14. The first-order chi connectivity index (χ1) is 6.78. The normalized spacial score (nSPS) is 25.2. The molecule has 3 heteroatoms. The minimum absolute atomic E-state index is 0.115. The zero-order valence-electron chi connectivity index (χ0n) is 10.3. The van der Waals surface area contributed by atoms with Gasteiger partial charge in [-0.05, 0) is 16.7 Å². The summed E-state index contributed by atoms with van der Waals surface area (Å²) in [6, 6.07) is 0.115. The van der Waals surface area contributed by atoms with Crippen LogP contribution in [0.3, 0.4) is 0 Å². The van der Waals surface area contributed by atoms with Crippen molar-refractivity contribution in [2.24, 2.45) is 29.5 Å². The molecule has 3 nitrogen and oxygen atoms in total. The van der Waals surface area contributed by atoms with Gasteiger partial charge >= 0.3 is 0 Å². The molecule has 1 fully saturated rings. The Morgan fingerprint density at radius 3 is 2.20 bits per heavy atom. The van der Waals surface area contributed by atoms with Crippen LogP contribution in [0.2, 0.25) is 0 Å². The van der Waals surface area contributed by atoms with E-state index in [9.17, 15) is 0 Å². The lowest BCUT2D eigenvalue weighted by Gasteiger charge is -2.11. The Labute approximate surface area is 91.7 Å². The predicted molar refractivity (Wildman–Crippen MR) is 61.2 cm³/mol. The van der Waals surface area contributed by atoms with Gasteiger partial charge in [0, 0.05) is 24.8 Å². The van der Waals surface area contributed by atoms with Crippen LogP contribution in [0.5, 0.6) is 0 Å². The van der Waals surface area contributed by atoms with Crippen molar-refractivity contribution < 1.29 is 0 Å². The second kappa shape index (κ2) is 2.85. The Bertz CT molecular complexity index is 362. The second-order valence-corrected chi connectivity index (χ2v) is 5.89. The summed E-state index contributed by atoms with van der Waals surface area (Å²) in [5, 5.41) is 4.18. The molecule has 0 bridgehead atoms. The van der Waals surface area contributed by atoms with Crippen LogP contribution in [0.25, 0.3) is 0 Å². The summed E-state index contributed by atoms with van der Waals surface area (Å²) in [5.74, 6) is 0.550. The van der Waals surface area contributed by atoms with E-state index in [1.165, 1.54) is 0 Å². The highest BCUT2D eigenvalue weighted by molar-refractivity contribution is 5.23. The Kier molecular flexibility index (Phi) is 2.03. The average Bonchev–Trinajstić information content (AvgIpc) is 2.49. The maximum atomic E-state index is 6.31. The van der Waals surface area contributed by atoms with E-state index in [2.05, 4.69) is 32.8 Å². The molecule has 1 aromatic heterocycles. The zero-order valence-corrected chi connectivity index (χ0v) is 10.3. The number of nitrogens with two attached hydrogens (primary N) is 1. The van der Waals surface area contributed by atoms with Crippen LogP contribution < -0.4 is 5.73 Å². The van der Waals surface area contributed by atoms with Gasteiger partial charge in [0.15, 0.2) is 0 Å². The summed E-state index contributed by atoms with van der Waals surface area (Å²) in [6.45, 7) is 9.20. The molecule has 1 aromatic rings. The monoisotopic (exact) mass is 207 g/mol. The number of aromatic nitrogens is 2. The van der Waals surface area contributed by atoms with Crippen LogP contribution in [-0.2, 0) is 7.05 Å². The fourth-order valence-corrected chi connectivity index (χ4v) is 2.95. The van der Waals surface area contributed by atoms with Crippen LogP contribution in [0.1, 0.15) is 39.3 Å². The third-order valence-electron chi connectivity index (χ3n) is 4.60. The van der Waals surface area contributed by atoms with E-state index in [0.717, 1.165) is 5.56 Å². The van der Waals surface area contributed by atoms with Gasteiger partial charge < -0.3 is 5.73 Å². The second-order valence-electron chi connectivity index (χ2n) is 5.89. The zero-order chi connectivity index (χ0) is 11.4. The maximum Gasteiger partial charge on any atom is 0.0537 e. The minimum Gasteiger partial charge on any atom is -0.324 e. The van der Waals surface area contributed by atoms with Gasteiger partial charge in [0.25, 0.3) is 0 Å². The molecule has 1 saturated carbocycles. The van der Waals surface area contributed by atoms with E-state index in [1.807, 2.05) is 24.1 Å². The minimum atomic E-state index is 0.115. The maximum absolute atomic E-state index is 6.31. The van der Waals surface area contributed by atoms with E-state index in [0.29, 0.717) is 16.7 Å². The SMILES string of the molecule is Cn1cc(C(N)C2C(C)(C)C2(C)C)cn1. The molecule has 0 aromatic carbocycles. The number of nitrogens with zero attached hydrogens (tertiary/aromatic N) is 2. The first kappa shape index (κ1) is 10.7. The molecule has 0 saturated heterocycles. The van der Waals surface area contributed by atoms with Gasteiger partial charge in [0.05, 0.1) is 6.20 Å². The van der Waals surface area contributed by atoms with Crippen LogP contribution in [0.4, 0.5) is 0 Å². The fourth-order valence-electron chi connectivity index (χ4n) is 2.95. The number of hydrogen-bond acceptors (Lipinski definition) is 2. The Morgan fingerprint density at radius 1 is 1.33 bits per heavy atom. The van der Waals surface area contributed by atoms with Crippen LogP contribution >= 0.6 is 0 Å². The summed E-state index contributed by atoms with van der Waals surface area (Å²) < 4.78 is 1.82. The van der Waals surface area contributed by atoms with E-state index >= 15 is 0 Å². The highest BCUT2D eigenvalue weighted by atomic mass is 15.2. The predicted octanol–water partition coefficient (Wildman–Crippen LogP) is 2.10. The fraction of sp³-hybridized carbons (Fsp3) is 0.750. The van der Waals surface area contributed by atoms with Crippen molar-refractivity contribution in [3.63, 3.8) is 0 Å². The lowest BCUT2D eigenvalue weighted by atomic mass is 10.0. The highest BCUT2D eigenvalue weighted by Crippen LogP contribution is 2.71. The lowest BCUT2D eigenvalue weighted by Crippen LogP contribution is -2.15. The first-order valence-electron chi connectivity index (χ1n) is 5.52. The molecule has 0 spiro atoms. The van der Waals surface area contributed by atoms with Gasteiger partial charge in [-0.25, -0.2) is 0 Å².